The summed E-state index contributed by atoms with van der Waals surface area (Å²) < 4.78 is 31.1. The maximum Gasteiger partial charge on any atom is 0.338 e. The van der Waals surface area contributed by atoms with E-state index in [-0.39, 0.29) is 28.0 Å². The maximum absolute atomic E-state index is 15.4. The van der Waals surface area contributed by atoms with Crippen LogP contribution in [0.15, 0.2) is 121 Å². The molecule has 0 fully saturated rings. The van der Waals surface area contributed by atoms with Crippen LogP contribution in [0.1, 0.15) is 54.2 Å². The molecule has 0 spiro atoms. The Hall–Kier alpha value is -6.88. The molecular formula is C42H29FO6. The lowest BCUT2D eigenvalue weighted by molar-refractivity contribution is -0.131. The van der Waals surface area contributed by atoms with Crippen LogP contribution in [-0.4, -0.2) is 17.9 Å². The maximum atomic E-state index is 15.4. The van der Waals surface area contributed by atoms with Crippen LogP contribution < -0.4 is 14.2 Å². The fraction of sp³-hybridized carbons (Fsp3) is 0.0714. The minimum atomic E-state index is -0.741. The lowest BCUT2D eigenvalue weighted by Gasteiger charge is -2.08. The Morgan fingerprint density at radius 3 is 1.20 bits per heavy atom. The van der Waals surface area contributed by atoms with Gasteiger partial charge in [-0.05, 0) is 106 Å². The van der Waals surface area contributed by atoms with E-state index in [1.807, 2.05) is 0 Å². The van der Waals surface area contributed by atoms with Crippen LogP contribution in [0.25, 0.3) is 0 Å². The summed E-state index contributed by atoms with van der Waals surface area (Å²) in [5, 5.41) is 0. The van der Waals surface area contributed by atoms with Crippen molar-refractivity contribution in [3.05, 3.63) is 161 Å². The lowest BCUT2D eigenvalue weighted by atomic mass is 10.1. The van der Waals surface area contributed by atoms with Gasteiger partial charge in [0.1, 0.15) is 22.9 Å². The van der Waals surface area contributed by atoms with E-state index in [1.54, 1.807) is 86.6 Å². The molecule has 0 radical (unpaired) electrons. The second-order valence-corrected chi connectivity index (χ2v) is 10.7. The molecule has 0 N–H and O–H groups in total. The number of esters is 3. The van der Waals surface area contributed by atoms with Crippen LogP contribution in [0.3, 0.4) is 0 Å². The van der Waals surface area contributed by atoms with Crippen molar-refractivity contribution in [2.24, 2.45) is 0 Å². The number of halogens is 1. The Balaban J connectivity index is 1.52. The monoisotopic (exact) mass is 648 g/mol. The molecule has 6 nitrogen and oxygen atoms in total. The van der Waals surface area contributed by atoms with E-state index in [2.05, 4.69) is 55.3 Å². The summed E-state index contributed by atoms with van der Waals surface area (Å²) in [6.07, 6.45) is 0. The van der Waals surface area contributed by atoms with Gasteiger partial charge < -0.3 is 14.2 Å². The Labute approximate surface area is 284 Å². The number of carbonyl (C=O) groups excluding carboxylic acids is 3. The average molecular weight is 649 g/mol. The normalized spacial score (nSPS) is 9.63. The third-order valence-corrected chi connectivity index (χ3v) is 6.35. The Morgan fingerprint density at radius 1 is 0.490 bits per heavy atom. The average Bonchev–Trinajstić information content (AvgIpc) is 3.07. The molecule has 0 aliphatic rings. The zero-order valence-corrected chi connectivity index (χ0v) is 27.0. The molecule has 0 heterocycles. The first-order valence-corrected chi connectivity index (χ1v) is 14.7. The second-order valence-electron chi connectivity index (χ2n) is 10.7. The number of hydrogen-bond acceptors (Lipinski definition) is 6. The summed E-state index contributed by atoms with van der Waals surface area (Å²) in [6.45, 7) is 15.3. The van der Waals surface area contributed by atoms with Crippen molar-refractivity contribution in [2.75, 3.05) is 0 Å². The van der Waals surface area contributed by atoms with Gasteiger partial charge in [0.25, 0.3) is 0 Å². The Morgan fingerprint density at radius 2 is 0.816 bits per heavy atom. The predicted molar refractivity (Wildman–Crippen MR) is 185 cm³/mol. The summed E-state index contributed by atoms with van der Waals surface area (Å²) in [7, 11) is 0. The van der Waals surface area contributed by atoms with Crippen molar-refractivity contribution in [1.82, 2.24) is 0 Å². The number of carbonyl (C=O) groups is 3. The van der Waals surface area contributed by atoms with Gasteiger partial charge >= 0.3 is 17.9 Å². The first-order valence-electron chi connectivity index (χ1n) is 14.7. The summed E-state index contributed by atoms with van der Waals surface area (Å²) in [4.78, 5) is 35.8. The van der Waals surface area contributed by atoms with Crippen LogP contribution in [0.5, 0.6) is 17.2 Å². The van der Waals surface area contributed by atoms with Gasteiger partial charge in [0, 0.05) is 44.5 Å². The molecule has 0 bridgehead atoms. The van der Waals surface area contributed by atoms with Crippen LogP contribution in [0.4, 0.5) is 4.39 Å². The van der Waals surface area contributed by atoms with E-state index in [4.69, 9.17) is 14.2 Å². The smallest absolute Gasteiger partial charge is 0.338 e. The molecule has 0 atom stereocenters. The van der Waals surface area contributed by atoms with Crippen LogP contribution >= 0.6 is 0 Å². The quantitative estimate of drug-likeness (QED) is 0.0935. The van der Waals surface area contributed by atoms with E-state index >= 15 is 4.39 Å². The largest absolute Gasteiger partial charge is 0.423 e. The van der Waals surface area contributed by atoms with Crippen molar-refractivity contribution in [1.29, 1.82) is 0 Å². The van der Waals surface area contributed by atoms with Gasteiger partial charge in [-0.15, -0.1) is 0 Å². The number of ether oxygens (including phenoxy) is 3. The van der Waals surface area contributed by atoms with Gasteiger partial charge in [0.05, 0.1) is 0 Å². The fourth-order valence-electron chi connectivity index (χ4n) is 3.70. The highest BCUT2D eigenvalue weighted by Gasteiger charge is 2.15. The van der Waals surface area contributed by atoms with Crippen LogP contribution in [0, 0.1) is 41.3 Å². The van der Waals surface area contributed by atoms with Gasteiger partial charge in [-0.1, -0.05) is 55.3 Å². The fourth-order valence-corrected chi connectivity index (χ4v) is 3.70. The Kier molecular flexibility index (Phi) is 11.5. The third kappa shape index (κ3) is 10.3. The highest BCUT2D eigenvalue weighted by molar-refractivity contribution is 5.90. The zero-order chi connectivity index (χ0) is 35.5. The van der Waals surface area contributed by atoms with Gasteiger partial charge in [-0.25, -0.2) is 18.8 Å². The van der Waals surface area contributed by atoms with Gasteiger partial charge in [0.15, 0.2) is 5.75 Å². The van der Waals surface area contributed by atoms with E-state index in [9.17, 15) is 14.4 Å². The van der Waals surface area contributed by atoms with Crippen molar-refractivity contribution >= 4 is 17.9 Å². The van der Waals surface area contributed by atoms with E-state index in [0.717, 1.165) is 11.1 Å². The summed E-state index contributed by atoms with van der Waals surface area (Å²) in [6, 6.07) is 22.9. The SMILES string of the molecule is C=C(C)C(=O)Oc1ccc(C#Cc2ccc(C#Cc3cc(F)c(C#Cc4ccc(OC(=O)C(=C)C)cc4)c(OC(=O)C(=C)C)c3)cc2)cc1. The Bertz CT molecular complexity index is 2170. The van der Waals surface area contributed by atoms with Crippen molar-refractivity contribution in [2.45, 2.75) is 20.8 Å². The minimum absolute atomic E-state index is 0.107. The minimum Gasteiger partial charge on any atom is -0.423 e. The molecule has 0 unspecified atom stereocenters. The third-order valence-electron chi connectivity index (χ3n) is 6.35. The first kappa shape index (κ1) is 35.0. The predicted octanol–water partition coefficient (Wildman–Crippen LogP) is 7.47. The molecule has 0 aliphatic carbocycles. The molecule has 240 valence electrons. The number of benzene rings is 4. The van der Waals surface area contributed by atoms with E-state index in [0.29, 0.717) is 28.2 Å². The molecular weight excluding hydrogens is 619 g/mol. The van der Waals surface area contributed by atoms with Gasteiger partial charge in [-0.3, -0.25) is 0 Å². The molecule has 0 aromatic heterocycles. The van der Waals surface area contributed by atoms with Crippen molar-refractivity contribution < 1.29 is 33.0 Å². The highest BCUT2D eigenvalue weighted by Crippen LogP contribution is 2.25. The summed E-state index contributed by atoms with van der Waals surface area (Å²) in [5.41, 5.74) is 3.45. The molecule has 0 saturated carbocycles. The van der Waals surface area contributed by atoms with Gasteiger partial charge in [0.2, 0.25) is 0 Å². The molecule has 4 aromatic carbocycles. The van der Waals surface area contributed by atoms with E-state index < -0.39 is 23.7 Å². The standard InChI is InChI=1S/C42H29FO6/c1-27(2)40(44)47-35-20-15-32(16-21-35)12-11-30-7-9-31(10-8-30)13-14-34-25-38(43)37(39(26-34)49-42(46)29(5)6)24-19-33-17-22-36(23-18-33)48-41(45)28(3)4/h7-10,15-18,20-23,25-26H,1,3,5H2,2,4,6H3. The lowest BCUT2D eigenvalue weighted by Crippen LogP contribution is -2.10. The topological polar surface area (TPSA) is 78.9 Å². The molecule has 0 saturated heterocycles. The molecule has 4 aromatic rings. The number of rotatable bonds is 6. The summed E-state index contributed by atoms with van der Waals surface area (Å²) >= 11 is 0. The molecule has 7 heteroatoms. The van der Waals surface area contributed by atoms with Crippen LogP contribution in [0.2, 0.25) is 0 Å². The molecule has 49 heavy (non-hydrogen) atoms. The number of hydrogen-bond donors (Lipinski definition) is 0. The van der Waals surface area contributed by atoms with E-state index in [1.165, 1.54) is 19.1 Å². The van der Waals surface area contributed by atoms with Crippen molar-refractivity contribution in [3.8, 4) is 52.8 Å². The first-order chi connectivity index (χ1) is 23.4. The highest BCUT2D eigenvalue weighted by atomic mass is 19.1. The molecule has 0 aliphatic heterocycles. The van der Waals surface area contributed by atoms with Gasteiger partial charge in [-0.2, -0.15) is 0 Å². The zero-order valence-electron chi connectivity index (χ0n) is 27.0. The molecule has 0 amide bonds. The van der Waals surface area contributed by atoms with Crippen LogP contribution in [-0.2, 0) is 14.4 Å². The summed E-state index contributed by atoms with van der Waals surface area (Å²) in [5.74, 6) is 15.6. The second kappa shape index (κ2) is 16.1. The van der Waals surface area contributed by atoms with Crippen molar-refractivity contribution in [3.63, 3.8) is 0 Å². The molecule has 4 rings (SSSR count).